The lowest BCUT2D eigenvalue weighted by molar-refractivity contribution is -0.143. The molecular weight excluding hydrogens is 536 g/mol. The highest BCUT2D eigenvalue weighted by atomic mass is 32.2. The minimum Gasteiger partial charge on any atom is -0.325 e. The van der Waals surface area contributed by atoms with Crippen LogP contribution in [0.4, 0.5) is 11.4 Å². The summed E-state index contributed by atoms with van der Waals surface area (Å²) < 4.78 is 0. The number of nitrogens with zero attached hydrogens (tertiary/aromatic N) is 2. The Hall–Kier alpha value is -3.95. The second-order valence-electron chi connectivity index (χ2n) is 10.9. The predicted molar refractivity (Wildman–Crippen MR) is 159 cm³/mol. The number of para-hydroxylation sites is 1. The fourth-order valence-corrected chi connectivity index (χ4v) is 7.05. The number of anilines is 2. The Morgan fingerprint density at radius 3 is 2.37 bits per heavy atom. The van der Waals surface area contributed by atoms with Crippen LogP contribution in [0.5, 0.6) is 0 Å². The molecule has 3 unspecified atom stereocenters. The Morgan fingerprint density at radius 2 is 1.63 bits per heavy atom. The zero-order chi connectivity index (χ0) is 28.7. The molecule has 8 nitrogen and oxygen atoms in total. The first-order chi connectivity index (χ1) is 19.8. The number of carbonyl (C=O) groups is 4. The lowest BCUT2D eigenvalue weighted by Crippen LogP contribution is -2.55. The van der Waals surface area contributed by atoms with Crippen LogP contribution >= 0.6 is 11.8 Å². The zero-order valence-electron chi connectivity index (χ0n) is 23.0. The lowest BCUT2D eigenvalue weighted by Gasteiger charge is -2.30. The van der Waals surface area contributed by atoms with Crippen molar-refractivity contribution in [2.45, 2.75) is 31.5 Å². The molecule has 0 saturated carbocycles. The summed E-state index contributed by atoms with van der Waals surface area (Å²) in [5.41, 5.74) is 2.35. The van der Waals surface area contributed by atoms with Crippen LogP contribution in [0.2, 0.25) is 0 Å². The third kappa shape index (κ3) is 4.53. The molecule has 6 rings (SSSR count). The average Bonchev–Trinajstić information content (AvgIpc) is 3.53. The van der Waals surface area contributed by atoms with E-state index in [-0.39, 0.29) is 42.8 Å². The van der Waals surface area contributed by atoms with Gasteiger partial charge in [0, 0.05) is 23.0 Å². The molecule has 3 aromatic rings. The molecule has 210 valence electrons. The van der Waals surface area contributed by atoms with Gasteiger partial charge < -0.3 is 10.2 Å². The summed E-state index contributed by atoms with van der Waals surface area (Å²) >= 11 is 1.66. The van der Waals surface area contributed by atoms with Crippen LogP contribution in [0, 0.1) is 18.8 Å². The van der Waals surface area contributed by atoms with E-state index in [0.717, 1.165) is 16.9 Å². The zero-order valence-corrected chi connectivity index (χ0v) is 23.8. The van der Waals surface area contributed by atoms with Crippen molar-refractivity contribution in [1.29, 1.82) is 0 Å². The van der Waals surface area contributed by atoms with Crippen molar-refractivity contribution >= 4 is 46.8 Å². The molecule has 0 aliphatic carbocycles. The summed E-state index contributed by atoms with van der Waals surface area (Å²) in [5, 5.41) is 6.38. The highest BCUT2D eigenvalue weighted by Gasteiger charge is 2.71. The van der Waals surface area contributed by atoms with E-state index in [1.807, 2.05) is 86.0 Å². The van der Waals surface area contributed by atoms with Gasteiger partial charge >= 0.3 is 0 Å². The number of benzene rings is 3. The number of amides is 4. The van der Waals surface area contributed by atoms with Gasteiger partial charge in [0.2, 0.25) is 17.7 Å². The number of imide groups is 1. The van der Waals surface area contributed by atoms with Gasteiger partial charge in [-0.2, -0.15) is 11.8 Å². The molecular formula is C32H32N4O4S. The highest BCUT2D eigenvalue weighted by molar-refractivity contribution is 7.98. The topological polar surface area (TPSA) is 98.8 Å². The third-order valence-electron chi connectivity index (χ3n) is 8.41. The quantitative estimate of drug-likeness (QED) is 0.402. The van der Waals surface area contributed by atoms with E-state index in [1.165, 1.54) is 9.80 Å². The van der Waals surface area contributed by atoms with E-state index in [9.17, 15) is 19.2 Å². The molecule has 0 aromatic heterocycles. The number of carbonyl (C=O) groups excluding carboxylic acids is 4. The van der Waals surface area contributed by atoms with Gasteiger partial charge in [-0.1, -0.05) is 66.2 Å². The van der Waals surface area contributed by atoms with E-state index >= 15 is 0 Å². The smallest absolute Gasteiger partial charge is 0.253 e. The van der Waals surface area contributed by atoms with Gasteiger partial charge in [-0.3, -0.25) is 29.4 Å². The second-order valence-corrected chi connectivity index (χ2v) is 11.9. The number of hydrogen-bond donors (Lipinski definition) is 2. The van der Waals surface area contributed by atoms with Gasteiger partial charge in [-0.15, -0.1) is 0 Å². The van der Waals surface area contributed by atoms with Gasteiger partial charge in [0.1, 0.15) is 12.1 Å². The van der Waals surface area contributed by atoms with Crippen LogP contribution in [0.25, 0.3) is 0 Å². The fourth-order valence-electron chi connectivity index (χ4n) is 6.56. The summed E-state index contributed by atoms with van der Waals surface area (Å²) in [7, 11) is 0. The van der Waals surface area contributed by atoms with Crippen LogP contribution in [0.3, 0.4) is 0 Å². The number of fused-ring (bicyclic) bond motifs is 4. The Kier molecular flexibility index (Phi) is 7.17. The van der Waals surface area contributed by atoms with Gasteiger partial charge in [0.05, 0.1) is 18.4 Å². The lowest BCUT2D eigenvalue weighted by atomic mass is 9.76. The SMILES string of the molecule is CSCCC1N[C@]2(C(=O)N(CC(=O)Nc3ccc(C)cc3)c3ccccc32)C2C(=O)N(Cc3ccccc3)C(=O)C12. The van der Waals surface area contributed by atoms with Crippen molar-refractivity contribution < 1.29 is 19.2 Å². The molecule has 3 aromatic carbocycles. The summed E-state index contributed by atoms with van der Waals surface area (Å²) in [6.45, 7) is 1.92. The van der Waals surface area contributed by atoms with Crippen LogP contribution < -0.4 is 15.5 Å². The number of thioether (sulfide) groups is 1. The normalized spacial score (nSPS) is 24.7. The van der Waals surface area contributed by atoms with Gasteiger partial charge in [-0.05, 0) is 49.1 Å². The third-order valence-corrected chi connectivity index (χ3v) is 9.06. The highest BCUT2D eigenvalue weighted by Crippen LogP contribution is 2.55. The summed E-state index contributed by atoms with van der Waals surface area (Å²) in [6, 6.07) is 23.8. The maximum Gasteiger partial charge on any atom is 0.253 e. The number of likely N-dealkylation sites (tertiary alicyclic amines) is 1. The van der Waals surface area contributed by atoms with Gasteiger partial charge in [0.15, 0.2) is 0 Å². The number of rotatable bonds is 8. The molecule has 0 radical (unpaired) electrons. The maximum atomic E-state index is 14.5. The molecule has 2 fully saturated rings. The number of hydrogen-bond acceptors (Lipinski definition) is 6. The van der Waals surface area contributed by atoms with E-state index in [0.29, 0.717) is 23.4 Å². The molecule has 1 spiro atoms. The molecule has 41 heavy (non-hydrogen) atoms. The van der Waals surface area contributed by atoms with E-state index < -0.39 is 17.4 Å². The van der Waals surface area contributed by atoms with Gasteiger partial charge in [-0.25, -0.2) is 0 Å². The monoisotopic (exact) mass is 568 g/mol. The van der Waals surface area contributed by atoms with E-state index in [2.05, 4.69) is 10.6 Å². The van der Waals surface area contributed by atoms with Crippen molar-refractivity contribution in [3.8, 4) is 0 Å². The van der Waals surface area contributed by atoms with E-state index in [4.69, 9.17) is 0 Å². The van der Waals surface area contributed by atoms with Gasteiger partial charge in [0.25, 0.3) is 5.91 Å². The minimum absolute atomic E-state index is 0.162. The van der Waals surface area contributed by atoms with E-state index in [1.54, 1.807) is 17.8 Å². The molecule has 3 aliphatic rings. The number of nitrogens with one attached hydrogen (secondary N) is 2. The first-order valence-electron chi connectivity index (χ1n) is 13.8. The average molecular weight is 569 g/mol. The summed E-state index contributed by atoms with van der Waals surface area (Å²) in [5.74, 6) is -2.11. The molecule has 3 aliphatic heterocycles. The largest absolute Gasteiger partial charge is 0.325 e. The molecule has 4 atom stereocenters. The second kappa shape index (κ2) is 10.8. The number of aryl methyl sites for hydroxylation is 1. The Morgan fingerprint density at radius 1 is 0.927 bits per heavy atom. The Labute approximate surface area is 243 Å². The van der Waals surface area contributed by atoms with Crippen molar-refractivity contribution in [2.24, 2.45) is 11.8 Å². The fraction of sp³-hybridized carbons (Fsp3) is 0.312. The molecule has 0 bridgehead atoms. The Balaban J connectivity index is 1.36. The van der Waals surface area contributed by atoms with Crippen LogP contribution in [-0.2, 0) is 31.3 Å². The standard InChI is InChI=1S/C32H32N4O4S/c1-20-12-14-22(15-13-20)33-26(37)19-35-25-11-7-6-10-23(25)32(31(35)40)28-27(24(34-32)16-17-41-2)29(38)36(30(28)39)18-21-8-4-3-5-9-21/h3-15,24,27-28,34H,16-19H2,1-2H3,(H,33,37)/t24?,27?,28?,32-/m0/s1. The van der Waals surface area contributed by atoms with Crippen LogP contribution in [0.15, 0.2) is 78.9 Å². The first-order valence-corrected chi connectivity index (χ1v) is 15.2. The first kappa shape index (κ1) is 27.2. The molecule has 2 saturated heterocycles. The van der Waals surface area contributed by atoms with Crippen molar-refractivity contribution in [3.05, 3.63) is 95.6 Å². The minimum atomic E-state index is -1.42. The molecule has 9 heteroatoms. The van der Waals surface area contributed by atoms with Crippen molar-refractivity contribution in [2.75, 3.05) is 28.8 Å². The molecule has 3 heterocycles. The maximum absolute atomic E-state index is 14.5. The van der Waals surface area contributed by atoms with Crippen molar-refractivity contribution in [1.82, 2.24) is 10.2 Å². The predicted octanol–water partition coefficient (Wildman–Crippen LogP) is 3.70. The summed E-state index contributed by atoms with van der Waals surface area (Å²) in [4.78, 5) is 58.5. The Bertz CT molecular complexity index is 1510. The van der Waals surface area contributed by atoms with Crippen molar-refractivity contribution in [3.63, 3.8) is 0 Å². The molecule has 2 N–H and O–H groups in total. The molecule has 4 amide bonds. The summed E-state index contributed by atoms with van der Waals surface area (Å²) in [6.07, 6.45) is 2.63. The van der Waals surface area contributed by atoms with Crippen LogP contribution in [-0.4, -0.2) is 53.1 Å². The van der Waals surface area contributed by atoms with Crippen LogP contribution in [0.1, 0.15) is 23.1 Å².